The van der Waals surface area contributed by atoms with E-state index >= 15 is 0 Å². The number of hydrogen-bond acceptors (Lipinski definition) is 6. The summed E-state index contributed by atoms with van der Waals surface area (Å²) in [7, 11) is 0. The molecule has 0 amide bonds. The molecule has 5 rings (SSSR count). The number of ether oxygens (including phenoxy) is 2. The Balaban J connectivity index is 0.000000208. The van der Waals surface area contributed by atoms with E-state index in [1.807, 2.05) is 0 Å². The van der Waals surface area contributed by atoms with Gasteiger partial charge in [0.15, 0.2) is 6.29 Å². The lowest BCUT2D eigenvalue weighted by molar-refractivity contribution is 0.111. The molecule has 6 nitrogen and oxygen atoms in total. The molecule has 1 unspecified atom stereocenters. The fourth-order valence-electron chi connectivity index (χ4n) is 3.45. The summed E-state index contributed by atoms with van der Waals surface area (Å²) in [5, 5.41) is 11.9. The summed E-state index contributed by atoms with van der Waals surface area (Å²) in [4.78, 5) is 18.5. The second-order valence-electron chi connectivity index (χ2n) is 8.52. The van der Waals surface area contributed by atoms with Crippen LogP contribution in [0.1, 0.15) is 27.8 Å². The molecule has 2 aromatic heterocycles. The van der Waals surface area contributed by atoms with Crippen molar-refractivity contribution in [2.75, 3.05) is 0 Å². The molecule has 0 aliphatic rings. The molecule has 10 heteroatoms. The van der Waals surface area contributed by atoms with Crippen LogP contribution in [0.3, 0.4) is 0 Å². The van der Waals surface area contributed by atoms with Gasteiger partial charge in [0.25, 0.3) is 0 Å². The molecule has 0 bridgehead atoms. The highest BCUT2D eigenvalue weighted by Gasteiger charge is 2.13. The van der Waals surface area contributed by atoms with Crippen LogP contribution >= 0.6 is 34.8 Å². The lowest BCUT2D eigenvalue weighted by Crippen LogP contribution is -2.05. The summed E-state index contributed by atoms with van der Waals surface area (Å²) in [6.45, 7) is 0. The van der Waals surface area contributed by atoms with Crippen molar-refractivity contribution in [3.63, 3.8) is 0 Å². The van der Waals surface area contributed by atoms with E-state index < -0.39 is 11.9 Å². The molecule has 208 valence electrons. The molecule has 0 fully saturated rings. The average molecular weight is 612 g/mol. The van der Waals surface area contributed by atoms with Crippen molar-refractivity contribution in [3.8, 4) is 23.0 Å². The highest BCUT2D eigenvalue weighted by atomic mass is 35.5. The number of aliphatic hydroxyl groups is 1. The van der Waals surface area contributed by atoms with Gasteiger partial charge in [-0.3, -0.25) is 9.78 Å². The minimum atomic E-state index is -0.930. The molecule has 41 heavy (non-hydrogen) atoms. The number of aromatic nitrogens is 2. The zero-order valence-electron chi connectivity index (χ0n) is 21.3. The van der Waals surface area contributed by atoms with Gasteiger partial charge in [0, 0.05) is 21.5 Å². The molecule has 3 aromatic carbocycles. The maximum absolute atomic E-state index is 13.8. The number of halogens is 4. The summed E-state index contributed by atoms with van der Waals surface area (Å²) in [6, 6.07) is 24.9. The van der Waals surface area contributed by atoms with Crippen LogP contribution in [-0.2, 0) is 6.42 Å². The number of carbonyl (C=O) groups is 1. The monoisotopic (exact) mass is 610 g/mol. The predicted molar refractivity (Wildman–Crippen MR) is 157 cm³/mol. The Morgan fingerprint density at radius 3 is 1.68 bits per heavy atom. The van der Waals surface area contributed by atoms with Crippen molar-refractivity contribution >= 4 is 41.1 Å². The van der Waals surface area contributed by atoms with Gasteiger partial charge in [-0.1, -0.05) is 40.9 Å². The molecule has 0 saturated carbocycles. The molecule has 0 spiro atoms. The first-order valence-electron chi connectivity index (χ1n) is 12.1. The number of nitrogens with zero attached hydrogens (tertiary/aromatic N) is 2. The molecular formula is C31H22Cl3FN2O4. The maximum Gasteiger partial charge on any atom is 0.168 e. The second-order valence-corrected chi connectivity index (χ2v) is 9.83. The summed E-state index contributed by atoms with van der Waals surface area (Å²) >= 11 is 17.3. The van der Waals surface area contributed by atoms with Crippen LogP contribution in [-0.4, -0.2) is 21.4 Å². The zero-order valence-corrected chi connectivity index (χ0v) is 23.5. The molecule has 0 aliphatic heterocycles. The Labute approximate surface area is 250 Å². The van der Waals surface area contributed by atoms with Crippen LogP contribution in [0.15, 0.2) is 103 Å². The minimum Gasteiger partial charge on any atom is -0.456 e. The van der Waals surface area contributed by atoms with Gasteiger partial charge < -0.3 is 14.6 Å². The molecule has 0 aliphatic carbocycles. The Morgan fingerprint density at radius 1 is 0.707 bits per heavy atom. The fraction of sp³-hybridized carbons (Fsp3) is 0.0645. The van der Waals surface area contributed by atoms with Gasteiger partial charge in [-0.2, -0.15) is 0 Å². The normalized spacial score (nSPS) is 11.1. The summed E-state index contributed by atoms with van der Waals surface area (Å²) in [5.74, 6) is 1.95. The largest absolute Gasteiger partial charge is 0.456 e. The van der Waals surface area contributed by atoms with E-state index in [4.69, 9.17) is 44.3 Å². The van der Waals surface area contributed by atoms with E-state index in [1.165, 1.54) is 18.5 Å². The van der Waals surface area contributed by atoms with Crippen molar-refractivity contribution in [2.24, 2.45) is 0 Å². The fourth-order valence-corrected chi connectivity index (χ4v) is 3.86. The Morgan fingerprint density at radius 2 is 1.22 bits per heavy atom. The van der Waals surface area contributed by atoms with Crippen LogP contribution in [0.5, 0.6) is 23.0 Å². The van der Waals surface area contributed by atoms with E-state index in [0.717, 1.165) is 0 Å². The third-order valence-electron chi connectivity index (χ3n) is 5.51. The maximum atomic E-state index is 13.8. The number of pyridine rings is 2. The first-order valence-corrected chi connectivity index (χ1v) is 13.3. The molecule has 5 aromatic rings. The molecule has 1 atom stereocenters. The first-order chi connectivity index (χ1) is 19.8. The highest BCUT2D eigenvalue weighted by Crippen LogP contribution is 2.26. The van der Waals surface area contributed by atoms with E-state index in [0.29, 0.717) is 61.3 Å². The van der Waals surface area contributed by atoms with Gasteiger partial charge in [-0.25, -0.2) is 9.37 Å². The minimum absolute atomic E-state index is 0.105. The number of rotatable bonds is 8. The van der Waals surface area contributed by atoms with Crippen LogP contribution in [0.2, 0.25) is 15.1 Å². The van der Waals surface area contributed by atoms with Crippen molar-refractivity contribution in [2.45, 2.75) is 12.5 Å². The van der Waals surface area contributed by atoms with Crippen LogP contribution in [0.25, 0.3) is 0 Å². The zero-order chi connectivity index (χ0) is 29.2. The van der Waals surface area contributed by atoms with E-state index in [1.54, 1.807) is 84.9 Å². The topological polar surface area (TPSA) is 81.5 Å². The average Bonchev–Trinajstić information content (AvgIpc) is 2.98. The van der Waals surface area contributed by atoms with Gasteiger partial charge in [0.2, 0.25) is 0 Å². The quantitative estimate of drug-likeness (QED) is 0.176. The third-order valence-corrected chi connectivity index (χ3v) is 6.25. The van der Waals surface area contributed by atoms with Gasteiger partial charge in [-0.05, 0) is 90.5 Å². The molecule has 0 radical (unpaired) electrons. The van der Waals surface area contributed by atoms with Crippen molar-refractivity contribution < 1.29 is 23.8 Å². The van der Waals surface area contributed by atoms with Gasteiger partial charge >= 0.3 is 0 Å². The number of benzene rings is 3. The van der Waals surface area contributed by atoms with Crippen molar-refractivity contribution in [3.05, 3.63) is 141 Å². The van der Waals surface area contributed by atoms with Gasteiger partial charge in [0.1, 0.15) is 40.6 Å². The summed E-state index contributed by atoms with van der Waals surface area (Å²) < 4.78 is 25.0. The lowest BCUT2D eigenvalue weighted by Gasteiger charge is -2.12. The number of aldehydes is 1. The van der Waals surface area contributed by atoms with Gasteiger partial charge in [-0.15, -0.1) is 0 Å². The molecular weight excluding hydrogens is 590 g/mol. The van der Waals surface area contributed by atoms with Crippen LogP contribution in [0.4, 0.5) is 4.39 Å². The Hall–Kier alpha value is -4.01. The van der Waals surface area contributed by atoms with E-state index in [-0.39, 0.29) is 6.42 Å². The number of hydrogen-bond donors (Lipinski definition) is 1. The number of carbonyl (C=O) groups excluding carboxylic acids is 1. The molecule has 2 heterocycles. The number of aliphatic hydroxyl groups excluding tert-OH is 1. The Bertz CT molecular complexity index is 1570. The molecule has 1 N–H and O–H groups in total. The van der Waals surface area contributed by atoms with Crippen molar-refractivity contribution in [1.29, 1.82) is 0 Å². The second kappa shape index (κ2) is 14.6. The SMILES string of the molecule is O=Cc1ccc(Oc2ccc(Cl)cc2)cn1.OC(Cc1ccc(Cl)cc1F)c1ccc(Oc2ccc(Cl)cc2)cn1. The standard InChI is InChI=1S/C19H14Cl2FNO2.C12H8ClNO2/c20-13-3-5-15(6-4-13)25-16-7-8-18(23-11-16)19(24)9-12-1-2-14(21)10-17(12)22;13-9-1-4-11(5-2-9)16-12-6-3-10(8-15)14-7-12/h1-8,10-11,19,24H,9H2;1-8H. The van der Waals surface area contributed by atoms with Crippen LogP contribution < -0.4 is 9.47 Å². The van der Waals surface area contributed by atoms with E-state index in [2.05, 4.69) is 9.97 Å². The smallest absolute Gasteiger partial charge is 0.168 e. The summed E-state index contributed by atoms with van der Waals surface area (Å²) in [6.07, 6.45) is 2.86. The highest BCUT2D eigenvalue weighted by molar-refractivity contribution is 6.31. The van der Waals surface area contributed by atoms with E-state index in [9.17, 15) is 14.3 Å². The molecule has 0 saturated heterocycles. The predicted octanol–water partition coefficient (Wildman–Crippen LogP) is 8.94. The van der Waals surface area contributed by atoms with Crippen molar-refractivity contribution in [1.82, 2.24) is 9.97 Å². The Kier molecular flexibility index (Phi) is 10.6. The first kappa shape index (κ1) is 30.0. The third kappa shape index (κ3) is 9.27. The van der Waals surface area contributed by atoms with Gasteiger partial charge in [0.05, 0.1) is 18.1 Å². The lowest BCUT2D eigenvalue weighted by atomic mass is 10.0. The van der Waals surface area contributed by atoms with Crippen LogP contribution in [0, 0.1) is 5.82 Å². The summed E-state index contributed by atoms with van der Waals surface area (Å²) in [5.41, 5.74) is 1.18.